The summed E-state index contributed by atoms with van der Waals surface area (Å²) in [5.74, 6) is -1.76. The number of halogens is 3. The molecule has 1 aromatic rings. The van der Waals surface area contributed by atoms with Gasteiger partial charge in [0.15, 0.2) is 17.4 Å². The van der Waals surface area contributed by atoms with Gasteiger partial charge in [0.05, 0.1) is 6.61 Å². The van der Waals surface area contributed by atoms with Gasteiger partial charge in [0.25, 0.3) is 0 Å². The van der Waals surface area contributed by atoms with Crippen molar-refractivity contribution in [3.05, 3.63) is 29.3 Å². The molecule has 0 aliphatic heterocycles. The monoisotopic (exact) mass is 338 g/mol. The van der Waals surface area contributed by atoms with E-state index in [0.717, 1.165) is 6.42 Å². The van der Waals surface area contributed by atoms with E-state index < -0.39 is 11.6 Å². The first-order chi connectivity index (χ1) is 9.19. The van der Waals surface area contributed by atoms with Gasteiger partial charge in [-0.2, -0.15) is 0 Å². The standard InChI is InChI=1S/C13H17BrF2O3/c1-17-3-2-4-18-5-6-19-13-11(15)7-10(9-14)8-12(13)16/h7-8H,2-6,9H2,1H3. The largest absolute Gasteiger partial charge is 0.485 e. The van der Waals surface area contributed by atoms with Gasteiger partial charge in [-0.3, -0.25) is 0 Å². The molecule has 3 nitrogen and oxygen atoms in total. The summed E-state index contributed by atoms with van der Waals surface area (Å²) in [7, 11) is 1.62. The van der Waals surface area contributed by atoms with Crippen molar-refractivity contribution in [1.82, 2.24) is 0 Å². The molecule has 0 unspecified atom stereocenters. The fraction of sp³-hybridized carbons (Fsp3) is 0.538. The molecule has 0 aliphatic carbocycles. The molecule has 0 spiro atoms. The SMILES string of the molecule is COCCCOCCOc1c(F)cc(CBr)cc1F. The van der Waals surface area contributed by atoms with Crippen molar-refractivity contribution >= 4 is 15.9 Å². The van der Waals surface area contributed by atoms with Crippen molar-refractivity contribution < 1.29 is 23.0 Å². The van der Waals surface area contributed by atoms with Gasteiger partial charge in [-0.1, -0.05) is 15.9 Å². The highest BCUT2D eigenvalue weighted by Gasteiger charge is 2.12. The first-order valence-electron chi connectivity index (χ1n) is 5.92. The zero-order chi connectivity index (χ0) is 14.1. The second-order valence-electron chi connectivity index (χ2n) is 3.83. The number of ether oxygens (including phenoxy) is 3. The molecule has 0 aliphatic rings. The van der Waals surface area contributed by atoms with Crippen LogP contribution in [0.4, 0.5) is 8.78 Å². The Hall–Kier alpha value is -0.720. The zero-order valence-corrected chi connectivity index (χ0v) is 12.3. The number of hydrogen-bond donors (Lipinski definition) is 0. The lowest BCUT2D eigenvalue weighted by Gasteiger charge is -2.10. The van der Waals surface area contributed by atoms with Gasteiger partial charge in [0, 0.05) is 25.7 Å². The van der Waals surface area contributed by atoms with Crippen molar-refractivity contribution in [2.75, 3.05) is 33.5 Å². The van der Waals surface area contributed by atoms with Crippen LogP contribution in [0.15, 0.2) is 12.1 Å². The lowest BCUT2D eigenvalue weighted by molar-refractivity contribution is 0.0786. The highest BCUT2D eigenvalue weighted by molar-refractivity contribution is 9.08. The molecule has 0 aromatic heterocycles. The molecule has 1 aromatic carbocycles. The number of alkyl halides is 1. The van der Waals surface area contributed by atoms with Crippen LogP contribution in [0.3, 0.4) is 0 Å². The molecule has 6 heteroatoms. The van der Waals surface area contributed by atoms with E-state index in [2.05, 4.69) is 15.9 Å². The van der Waals surface area contributed by atoms with Gasteiger partial charge in [-0.05, 0) is 24.1 Å². The molecular formula is C13H17BrF2O3. The normalized spacial score (nSPS) is 10.7. The third kappa shape index (κ3) is 5.84. The third-order valence-electron chi connectivity index (χ3n) is 2.32. The highest BCUT2D eigenvalue weighted by Crippen LogP contribution is 2.24. The van der Waals surface area contributed by atoms with Gasteiger partial charge < -0.3 is 14.2 Å². The van der Waals surface area contributed by atoms with Crippen molar-refractivity contribution in [1.29, 1.82) is 0 Å². The van der Waals surface area contributed by atoms with Crippen LogP contribution in [0, 0.1) is 11.6 Å². The second-order valence-corrected chi connectivity index (χ2v) is 4.39. The summed E-state index contributed by atoms with van der Waals surface area (Å²) in [6.45, 7) is 1.54. The molecule has 0 amide bonds. The average molecular weight is 339 g/mol. The maximum Gasteiger partial charge on any atom is 0.190 e. The van der Waals surface area contributed by atoms with Crippen molar-refractivity contribution in [3.8, 4) is 5.75 Å². The number of rotatable bonds is 9. The van der Waals surface area contributed by atoms with E-state index in [1.54, 1.807) is 7.11 Å². The Morgan fingerprint density at radius 2 is 1.74 bits per heavy atom. The van der Waals surface area contributed by atoms with Crippen LogP contribution in [-0.4, -0.2) is 33.5 Å². The lowest BCUT2D eigenvalue weighted by atomic mass is 10.2. The molecule has 0 saturated heterocycles. The smallest absolute Gasteiger partial charge is 0.190 e. The molecule has 0 saturated carbocycles. The Morgan fingerprint density at radius 3 is 2.32 bits per heavy atom. The molecular weight excluding hydrogens is 322 g/mol. The average Bonchev–Trinajstić information content (AvgIpc) is 2.40. The van der Waals surface area contributed by atoms with Crippen molar-refractivity contribution in [2.45, 2.75) is 11.8 Å². The van der Waals surface area contributed by atoms with E-state index in [1.165, 1.54) is 12.1 Å². The van der Waals surface area contributed by atoms with Crippen LogP contribution in [0.5, 0.6) is 5.75 Å². The first kappa shape index (κ1) is 16.3. The minimum Gasteiger partial charge on any atom is -0.485 e. The molecule has 108 valence electrons. The molecule has 0 atom stereocenters. The number of methoxy groups -OCH3 is 1. The van der Waals surface area contributed by atoms with E-state index in [1.807, 2.05) is 0 Å². The predicted molar refractivity (Wildman–Crippen MR) is 71.8 cm³/mol. The summed E-state index contributed by atoms with van der Waals surface area (Å²) in [4.78, 5) is 0. The summed E-state index contributed by atoms with van der Waals surface area (Å²) in [6, 6.07) is 2.49. The van der Waals surface area contributed by atoms with E-state index in [0.29, 0.717) is 24.1 Å². The molecule has 0 radical (unpaired) electrons. The molecule has 0 heterocycles. The van der Waals surface area contributed by atoms with Crippen molar-refractivity contribution in [2.24, 2.45) is 0 Å². The van der Waals surface area contributed by atoms with E-state index >= 15 is 0 Å². The summed E-state index contributed by atoms with van der Waals surface area (Å²) in [6.07, 6.45) is 0.777. The fourth-order valence-corrected chi connectivity index (χ4v) is 1.76. The lowest BCUT2D eigenvalue weighted by Crippen LogP contribution is -2.10. The van der Waals surface area contributed by atoms with Crippen LogP contribution in [0.1, 0.15) is 12.0 Å². The van der Waals surface area contributed by atoms with Crippen molar-refractivity contribution in [3.63, 3.8) is 0 Å². The van der Waals surface area contributed by atoms with Gasteiger partial charge in [-0.15, -0.1) is 0 Å². The Kier molecular flexibility index (Phi) is 7.93. The van der Waals surface area contributed by atoms with E-state index in [9.17, 15) is 8.78 Å². The summed E-state index contributed by atoms with van der Waals surface area (Å²) in [5.41, 5.74) is 0.526. The minimum absolute atomic E-state index is 0.106. The van der Waals surface area contributed by atoms with Crippen LogP contribution in [0.25, 0.3) is 0 Å². The van der Waals surface area contributed by atoms with Crippen LogP contribution in [-0.2, 0) is 14.8 Å². The van der Waals surface area contributed by atoms with E-state index in [-0.39, 0.29) is 19.0 Å². The van der Waals surface area contributed by atoms with Gasteiger partial charge in [0.2, 0.25) is 0 Å². The topological polar surface area (TPSA) is 27.7 Å². The quantitative estimate of drug-likeness (QED) is 0.510. The first-order valence-corrected chi connectivity index (χ1v) is 7.04. The summed E-state index contributed by atoms with van der Waals surface area (Å²) >= 11 is 3.14. The second kappa shape index (κ2) is 9.23. The number of benzene rings is 1. The van der Waals surface area contributed by atoms with Crippen LogP contribution in [0.2, 0.25) is 0 Å². The molecule has 0 fully saturated rings. The molecule has 19 heavy (non-hydrogen) atoms. The predicted octanol–water partition coefficient (Wildman–Crippen LogP) is 3.29. The molecule has 0 N–H and O–H groups in total. The minimum atomic E-state index is -0.700. The Morgan fingerprint density at radius 1 is 1.05 bits per heavy atom. The van der Waals surface area contributed by atoms with Gasteiger partial charge >= 0.3 is 0 Å². The van der Waals surface area contributed by atoms with Gasteiger partial charge in [0.1, 0.15) is 6.61 Å². The maximum absolute atomic E-state index is 13.5. The summed E-state index contributed by atoms with van der Waals surface area (Å²) in [5, 5.41) is 0.393. The van der Waals surface area contributed by atoms with Crippen LogP contribution < -0.4 is 4.74 Å². The fourth-order valence-electron chi connectivity index (χ4n) is 1.44. The third-order valence-corrected chi connectivity index (χ3v) is 2.97. The molecule has 1 rings (SSSR count). The number of hydrogen-bond acceptors (Lipinski definition) is 3. The maximum atomic E-state index is 13.5. The van der Waals surface area contributed by atoms with Gasteiger partial charge in [-0.25, -0.2) is 8.78 Å². The van der Waals surface area contributed by atoms with Crippen LogP contribution >= 0.6 is 15.9 Å². The zero-order valence-electron chi connectivity index (χ0n) is 10.8. The summed E-state index contributed by atoms with van der Waals surface area (Å²) < 4.78 is 42.2. The highest BCUT2D eigenvalue weighted by atomic mass is 79.9. The molecule has 0 bridgehead atoms. The van der Waals surface area contributed by atoms with E-state index in [4.69, 9.17) is 14.2 Å². The Labute approximate surface area is 120 Å². The Bertz CT molecular complexity index is 365. The Balaban J connectivity index is 2.33.